The molecule has 0 atom stereocenters. The number of halogens is 1. The van der Waals surface area contributed by atoms with E-state index in [4.69, 9.17) is 16.0 Å². The fourth-order valence-electron chi connectivity index (χ4n) is 4.07. The monoisotopic (exact) mass is 409 g/mol. The van der Waals surface area contributed by atoms with Crippen LogP contribution in [0.4, 0.5) is 0 Å². The van der Waals surface area contributed by atoms with Gasteiger partial charge < -0.3 is 9.32 Å². The molecule has 4 rings (SSSR count). The summed E-state index contributed by atoms with van der Waals surface area (Å²) >= 11 is 6.01. The molecule has 1 fully saturated rings. The lowest BCUT2D eigenvalue weighted by atomic mass is 9.89. The van der Waals surface area contributed by atoms with Crippen LogP contribution >= 0.6 is 11.6 Å². The lowest BCUT2D eigenvalue weighted by molar-refractivity contribution is 0.0839. The molecule has 4 nitrogen and oxygen atoms in total. The maximum Gasteiger partial charge on any atom is 0.195 e. The second-order valence-electron chi connectivity index (χ2n) is 7.68. The number of rotatable bonds is 6. The number of piperidine rings is 1. The summed E-state index contributed by atoms with van der Waals surface area (Å²) in [7, 11) is 0. The molecule has 3 aromatic rings. The fourth-order valence-corrected chi connectivity index (χ4v) is 4.24. The molecule has 5 heteroatoms. The highest BCUT2D eigenvalue weighted by atomic mass is 35.5. The summed E-state index contributed by atoms with van der Waals surface area (Å²) in [5, 5.41) is 1.07. The Labute approximate surface area is 175 Å². The molecule has 0 radical (unpaired) electrons. The molecule has 2 heterocycles. The van der Waals surface area contributed by atoms with Gasteiger partial charge in [-0.2, -0.15) is 0 Å². The molecule has 1 aliphatic heterocycles. The van der Waals surface area contributed by atoms with Crippen molar-refractivity contribution in [2.24, 2.45) is 5.92 Å². The van der Waals surface area contributed by atoms with E-state index in [-0.39, 0.29) is 17.1 Å². The summed E-state index contributed by atoms with van der Waals surface area (Å²) in [4.78, 5) is 27.6. The van der Waals surface area contributed by atoms with Crippen LogP contribution < -0.4 is 5.43 Å². The smallest absolute Gasteiger partial charge is 0.195 e. The number of fused-ring (bicyclic) bond motifs is 1. The quantitative estimate of drug-likeness (QED) is 0.539. The minimum Gasteiger partial charge on any atom is -0.464 e. The maximum absolute atomic E-state index is 12.6. The van der Waals surface area contributed by atoms with Crippen LogP contribution in [0.5, 0.6) is 0 Å². The maximum atomic E-state index is 12.6. The molecule has 1 aromatic heterocycles. The van der Waals surface area contributed by atoms with Crippen LogP contribution in [0.1, 0.15) is 35.2 Å². The standard InChI is InChI=1S/C24H24ClNO3/c25-20-8-9-22-21(15-20)24(28)19(16-29-22)7-4-12-26-13-10-18(11-14-26)23(27)17-5-2-1-3-6-17/h1-3,5-6,8-9,15-16,18H,4,7,10-14H2. The fraction of sp³-hybridized carbons (Fsp3) is 0.333. The van der Waals surface area contributed by atoms with Gasteiger partial charge in [0.05, 0.1) is 11.6 Å². The van der Waals surface area contributed by atoms with Gasteiger partial charge >= 0.3 is 0 Å². The number of aryl methyl sites for hydroxylation is 1. The molecular formula is C24H24ClNO3. The summed E-state index contributed by atoms with van der Waals surface area (Å²) in [6, 6.07) is 14.7. The Bertz CT molecular complexity index is 1050. The van der Waals surface area contributed by atoms with Gasteiger partial charge in [-0.1, -0.05) is 41.9 Å². The van der Waals surface area contributed by atoms with E-state index >= 15 is 0 Å². The number of hydrogen-bond donors (Lipinski definition) is 0. The van der Waals surface area contributed by atoms with Crippen LogP contribution in [0.2, 0.25) is 5.02 Å². The van der Waals surface area contributed by atoms with Crippen LogP contribution in [0.15, 0.2) is 64.0 Å². The average molecular weight is 410 g/mol. The van der Waals surface area contributed by atoms with Gasteiger partial charge in [0.25, 0.3) is 0 Å². The topological polar surface area (TPSA) is 50.5 Å². The summed E-state index contributed by atoms with van der Waals surface area (Å²) in [5.74, 6) is 0.378. The number of benzene rings is 2. The third kappa shape index (κ3) is 4.60. The normalized spacial score (nSPS) is 15.6. The van der Waals surface area contributed by atoms with E-state index in [9.17, 15) is 9.59 Å². The van der Waals surface area contributed by atoms with E-state index in [2.05, 4.69) is 4.90 Å². The van der Waals surface area contributed by atoms with Gasteiger partial charge in [0.1, 0.15) is 5.58 Å². The first-order valence-corrected chi connectivity index (χ1v) is 10.5. The van der Waals surface area contributed by atoms with E-state index in [1.165, 1.54) is 0 Å². The zero-order valence-corrected chi connectivity index (χ0v) is 17.0. The van der Waals surface area contributed by atoms with Crippen molar-refractivity contribution in [1.82, 2.24) is 4.90 Å². The van der Waals surface area contributed by atoms with Crippen molar-refractivity contribution >= 4 is 28.4 Å². The number of carbonyl (C=O) groups excluding carboxylic acids is 1. The first-order valence-electron chi connectivity index (χ1n) is 10.1. The number of likely N-dealkylation sites (tertiary alicyclic amines) is 1. The van der Waals surface area contributed by atoms with Gasteiger partial charge in [0.2, 0.25) is 0 Å². The predicted molar refractivity (Wildman–Crippen MR) is 116 cm³/mol. The van der Waals surface area contributed by atoms with Crippen LogP contribution in [0.25, 0.3) is 11.0 Å². The van der Waals surface area contributed by atoms with Crippen molar-refractivity contribution in [3.8, 4) is 0 Å². The first kappa shape index (κ1) is 19.9. The van der Waals surface area contributed by atoms with Crippen molar-refractivity contribution < 1.29 is 9.21 Å². The second kappa shape index (κ2) is 8.93. The van der Waals surface area contributed by atoms with Gasteiger partial charge in [-0.3, -0.25) is 9.59 Å². The van der Waals surface area contributed by atoms with Gasteiger partial charge in [0.15, 0.2) is 11.2 Å². The second-order valence-corrected chi connectivity index (χ2v) is 8.12. The minimum atomic E-state index is 0.000848. The Morgan fingerprint density at radius 2 is 1.86 bits per heavy atom. The van der Waals surface area contributed by atoms with Crippen molar-refractivity contribution in [2.45, 2.75) is 25.7 Å². The van der Waals surface area contributed by atoms with Gasteiger partial charge in [-0.05, 0) is 63.5 Å². The summed E-state index contributed by atoms with van der Waals surface area (Å²) < 4.78 is 5.59. The minimum absolute atomic E-state index is 0.000848. The molecule has 0 N–H and O–H groups in total. The first-order chi connectivity index (χ1) is 14.1. The van der Waals surface area contributed by atoms with Crippen molar-refractivity contribution in [3.63, 3.8) is 0 Å². The third-order valence-electron chi connectivity index (χ3n) is 5.74. The lowest BCUT2D eigenvalue weighted by Crippen LogP contribution is -2.37. The third-order valence-corrected chi connectivity index (χ3v) is 5.98. The molecule has 1 saturated heterocycles. The Morgan fingerprint density at radius 3 is 2.62 bits per heavy atom. The molecule has 29 heavy (non-hydrogen) atoms. The largest absolute Gasteiger partial charge is 0.464 e. The number of ketones is 1. The Balaban J connectivity index is 1.29. The molecule has 0 amide bonds. The zero-order chi connectivity index (χ0) is 20.2. The van der Waals surface area contributed by atoms with E-state index in [0.717, 1.165) is 44.5 Å². The molecule has 0 spiro atoms. The molecule has 0 saturated carbocycles. The Morgan fingerprint density at radius 1 is 1.10 bits per heavy atom. The molecule has 150 valence electrons. The van der Waals surface area contributed by atoms with Crippen LogP contribution in [0.3, 0.4) is 0 Å². The molecule has 2 aromatic carbocycles. The molecule has 1 aliphatic rings. The number of nitrogens with zero attached hydrogens (tertiary/aromatic N) is 1. The van der Waals surface area contributed by atoms with E-state index in [1.807, 2.05) is 30.3 Å². The van der Waals surface area contributed by atoms with Crippen molar-refractivity contribution in [1.29, 1.82) is 0 Å². The van der Waals surface area contributed by atoms with E-state index < -0.39 is 0 Å². The average Bonchev–Trinajstić information content (AvgIpc) is 2.76. The molecule has 0 bridgehead atoms. The van der Waals surface area contributed by atoms with Crippen molar-refractivity contribution in [3.05, 3.63) is 81.2 Å². The van der Waals surface area contributed by atoms with E-state index in [1.54, 1.807) is 24.5 Å². The highest BCUT2D eigenvalue weighted by molar-refractivity contribution is 6.31. The van der Waals surface area contributed by atoms with Crippen LogP contribution in [0, 0.1) is 5.92 Å². The van der Waals surface area contributed by atoms with Gasteiger partial charge in [-0.15, -0.1) is 0 Å². The Hall–Kier alpha value is -2.43. The van der Waals surface area contributed by atoms with Crippen LogP contribution in [-0.2, 0) is 6.42 Å². The molecular weight excluding hydrogens is 386 g/mol. The number of Topliss-reactive ketones (excluding diaryl/α,β-unsaturated/α-hetero) is 1. The highest BCUT2D eigenvalue weighted by Gasteiger charge is 2.25. The molecule has 0 aliphatic carbocycles. The van der Waals surface area contributed by atoms with Crippen LogP contribution in [-0.4, -0.2) is 30.3 Å². The lowest BCUT2D eigenvalue weighted by Gasteiger charge is -2.31. The Kier molecular flexibility index (Phi) is 6.12. The highest BCUT2D eigenvalue weighted by Crippen LogP contribution is 2.22. The predicted octanol–water partition coefficient (Wildman–Crippen LogP) is 4.97. The number of hydrogen-bond acceptors (Lipinski definition) is 4. The zero-order valence-electron chi connectivity index (χ0n) is 16.3. The summed E-state index contributed by atoms with van der Waals surface area (Å²) in [6.45, 7) is 2.76. The summed E-state index contributed by atoms with van der Waals surface area (Å²) in [5.41, 5.74) is 2.07. The number of carbonyl (C=O) groups is 1. The SMILES string of the molecule is O=C(c1ccccc1)C1CCN(CCCc2coc3ccc(Cl)cc3c2=O)CC1. The van der Waals surface area contributed by atoms with Gasteiger partial charge in [-0.25, -0.2) is 0 Å². The van der Waals surface area contributed by atoms with Crippen molar-refractivity contribution in [2.75, 3.05) is 19.6 Å². The molecule has 0 unspecified atom stereocenters. The summed E-state index contributed by atoms with van der Waals surface area (Å²) in [6.07, 6.45) is 4.92. The van der Waals surface area contributed by atoms with Gasteiger partial charge in [0, 0.05) is 22.1 Å². The van der Waals surface area contributed by atoms with E-state index in [0.29, 0.717) is 28.0 Å².